The van der Waals surface area contributed by atoms with Crippen molar-refractivity contribution in [2.75, 3.05) is 31.1 Å². The number of amides is 3. The summed E-state index contributed by atoms with van der Waals surface area (Å²) in [7, 11) is 0. The normalized spacial score (nSPS) is 18.1. The van der Waals surface area contributed by atoms with Crippen molar-refractivity contribution in [3.63, 3.8) is 0 Å². The van der Waals surface area contributed by atoms with Crippen molar-refractivity contribution in [1.29, 1.82) is 0 Å². The number of carbonyl (C=O) groups excluding carboxylic acids is 3. The molecule has 0 saturated carbocycles. The number of hydrogen-bond donors (Lipinski definition) is 1. The molecule has 1 aromatic heterocycles. The largest absolute Gasteiger partial charge is 0.347 e. The molecule has 2 aromatic rings. The van der Waals surface area contributed by atoms with Crippen LogP contribution >= 0.6 is 0 Å². The molecule has 0 unspecified atom stereocenters. The first-order valence-corrected chi connectivity index (χ1v) is 11.7. The van der Waals surface area contributed by atoms with E-state index in [0.717, 1.165) is 36.3 Å². The molecular formula is C25H31N5O3. The van der Waals surface area contributed by atoms with Gasteiger partial charge in [-0.15, -0.1) is 0 Å². The summed E-state index contributed by atoms with van der Waals surface area (Å²) in [5.41, 5.74) is 3.14. The second-order valence-electron chi connectivity index (χ2n) is 8.84. The zero-order chi connectivity index (χ0) is 23.4. The summed E-state index contributed by atoms with van der Waals surface area (Å²) in [6.45, 7) is 5.17. The monoisotopic (exact) mass is 449 g/mol. The number of aromatic nitrogens is 2. The molecule has 0 aliphatic carbocycles. The van der Waals surface area contributed by atoms with Crippen molar-refractivity contribution < 1.29 is 14.4 Å². The van der Waals surface area contributed by atoms with Crippen LogP contribution in [0.3, 0.4) is 0 Å². The number of nitrogens with one attached hydrogen (secondary N) is 1. The van der Waals surface area contributed by atoms with Crippen molar-refractivity contribution >= 4 is 23.5 Å². The van der Waals surface area contributed by atoms with Gasteiger partial charge in [0.05, 0.1) is 6.54 Å². The summed E-state index contributed by atoms with van der Waals surface area (Å²) < 4.78 is 0. The first kappa shape index (κ1) is 22.9. The fraction of sp³-hybridized carbons (Fsp3) is 0.480. The first-order chi connectivity index (χ1) is 15.9. The van der Waals surface area contributed by atoms with Gasteiger partial charge in [0.25, 0.3) is 0 Å². The van der Waals surface area contributed by atoms with Crippen LogP contribution in [0, 0.1) is 6.92 Å². The molecule has 1 N–H and O–H groups in total. The van der Waals surface area contributed by atoms with E-state index < -0.39 is 0 Å². The molecule has 1 aromatic carbocycles. The Morgan fingerprint density at radius 1 is 1.15 bits per heavy atom. The van der Waals surface area contributed by atoms with Crippen molar-refractivity contribution in [3.8, 4) is 0 Å². The summed E-state index contributed by atoms with van der Waals surface area (Å²) >= 11 is 0. The highest BCUT2D eigenvalue weighted by Crippen LogP contribution is 2.32. The lowest BCUT2D eigenvalue weighted by atomic mass is 9.95. The SMILES string of the molecule is CC(=O)NCC(=O)N1CCC[C@H](c2nc(C)c3c(n2)N(CCc2ccccc2)C(=O)CC3)C1. The average Bonchev–Trinajstić information content (AvgIpc) is 2.82. The minimum atomic E-state index is -0.217. The molecule has 0 bridgehead atoms. The Bertz CT molecular complexity index is 1040. The number of anilines is 1. The van der Waals surface area contributed by atoms with E-state index in [1.165, 1.54) is 12.5 Å². The first-order valence-electron chi connectivity index (χ1n) is 11.7. The highest BCUT2D eigenvalue weighted by molar-refractivity contribution is 5.95. The number of aryl methyl sites for hydroxylation is 1. The zero-order valence-corrected chi connectivity index (χ0v) is 19.3. The Morgan fingerprint density at radius 2 is 1.94 bits per heavy atom. The van der Waals surface area contributed by atoms with Crippen LogP contribution in [-0.2, 0) is 27.2 Å². The van der Waals surface area contributed by atoms with Gasteiger partial charge in [-0.2, -0.15) is 0 Å². The minimum Gasteiger partial charge on any atom is -0.347 e. The molecule has 8 nitrogen and oxygen atoms in total. The quantitative estimate of drug-likeness (QED) is 0.729. The molecule has 1 saturated heterocycles. The van der Waals surface area contributed by atoms with Gasteiger partial charge >= 0.3 is 0 Å². The maximum Gasteiger partial charge on any atom is 0.241 e. The Kier molecular flexibility index (Phi) is 7.01. The van der Waals surface area contributed by atoms with Crippen molar-refractivity contribution in [1.82, 2.24) is 20.2 Å². The predicted octanol–water partition coefficient (Wildman–Crippen LogP) is 2.15. The number of likely N-dealkylation sites (tertiary alicyclic amines) is 1. The summed E-state index contributed by atoms with van der Waals surface area (Å²) in [5, 5.41) is 2.58. The zero-order valence-electron chi connectivity index (χ0n) is 19.3. The highest BCUT2D eigenvalue weighted by atomic mass is 16.2. The van der Waals surface area contributed by atoms with E-state index in [9.17, 15) is 14.4 Å². The van der Waals surface area contributed by atoms with Crippen LogP contribution < -0.4 is 10.2 Å². The van der Waals surface area contributed by atoms with Crippen LogP contribution in [0.5, 0.6) is 0 Å². The van der Waals surface area contributed by atoms with Crippen LogP contribution in [0.1, 0.15) is 54.7 Å². The molecule has 3 heterocycles. The number of piperidine rings is 1. The van der Waals surface area contributed by atoms with Gasteiger partial charge in [0, 0.05) is 50.2 Å². The molecule has 4 rings (SSSR count). The summed E-state index contributed by atoms with van der Waals surface area (Å²) in [5.74, 6) is 1.22. The van der Waals surface area contributed by atoms with Gasteiger partial charge in [-0.25, -0.2) is 9.97 Å². The molecule has 1 fully saturated rings. The van der Waals surface area contributed by atoms with Gasteiger partial charge in [-0.3, -0.25) is 19.3 Å². The van der Waals surface area contributed by atoms with Gasteiger partial charge in [-0.05, 0) is 38.2 Å². The number of rotatable bonds is 6. The van der Waals surface area contributed by atoms with E-state index in [1.807, 2.05) is 30.0 Å². The maximum atomic E-state index is 12.8. The van der Waals surface area contributed by atoms with Gasteiger partial charge in [0.1, 0.15) is 11.6 Å². The molecule has 0 spiro atoms. The van der Waals surface area contributed by atoms with E-state index in [2.05, 4.69) is 17.4 Å². The maximum absolute atomic E-state index is 12.8. The second kappa shape index (κ2) is 10.1. The lowest BCUT2D eigenvalue weighted by molar-refractivity contribution is -0.133. The molecule has 174 valence electrons. The number of fused-ring (bicyclic) bond motifs is 1. The lowest BCUT2D eigenvalue weighted by Gasteiger charge is -2.34. The third kappa shape index (κ3) is 5.38. The number of hydrogen-bond acceptors (Lipinski definition) is 5. The number of carbonyl (C=O) groups is 3. The highest BCUT2D eigenvalue weighted by Gasteiger charge is 2.31. The Hall–Kier alpha value is -3.29. The smallest absolute Gasteiger partial charge is 0.241 e. The Morgan fingerprint density at radius 3 is 2.70 bits per heavy atom. The van der Waals surface area contributed by atoms with E-state index in [-0.39, 0.29) is 30.2 Å². The topological polar surface area (TPSA) is 95.5 Å². The fourth-order valence-corrected chi connectivity index (χ4v) is 4.63. The van der Waals surface area contributed by atoms with Gasteiger partial charge in [0.2, 0.25) is 17.7 Å². The van der Waals surface area contributed by atoms with Crippen molar-refractivity contribution in [2.45, 2.75) is 51.9 Å². The van der Waals surface area contributed by atoms with Crippen LogP contribution in [-0.4, -0.2) is 58.8 Å². The van der Waals surface area contributed by atoms with E-state index in [0.29, 0.717) is 38.3 Å². The van der Waals surface area contributed by atoms with E-state index in [1.54, 1.807) is 4.90 Å². The molecular weight excluding hydrogens is 418 g/mol. The van der Waals surface area contributed by atoms with E-state index >= 15 is 0 Å². The number of nitrogens with zero attached hydrogens (tertiary/aromatic N) is 4. The lowest BCUT2D eigenvalue weighted by Crippen LogP contribution is -2.44. The summed E-state index contributed by atoms with van der Waals surface area (Å²) in [4.78, 5) is 49.8. The van der Waals surface area contributed by atoms with E-state index in [4.69, 9.17) is 9.97 Å². The van der Waals surface area contributed by atoms with Crippen LogP contribution in [0.4, 0.5) is 5.82 Å². The molecule has 8 heteroatoms. The van der Waals surface area contributed by atoms with Crippen molar-refractivity contribution in [3.05, 3.63) is 53.0 Å². The molecule has 0 radical (unpaired) electrons. The van der Waals surface area contributed by atoms with Crippen LogP contribution in [0.15, 0.2) is 30.3 Å². The summed E-state index contributed by atoms with van der Waals surface area (Å²) in [6.07, 6.45) is 3.64. The van der Waals surface area contributed by atoms with Gasteiger partial charge < -0.3 is 10.2 Å². The van der Waals surface area contributed by atoms with Crippen LogP contribution in [0.2, 0.25) is 0 Å². The average molecular weight is 450 g/mol. The fourth-order valence-electron chi connectivity index (χ4n) is 4.63. The molecule has 1 atom stereocenters. The van der Waals surface area contributed by atoms with Crippen LogP contribution in [0.25, 0.3) is 0 Å². The number of benzene rings is 1. The Labute approximate surface area is 194 Å². The Balaban J connectivity index is 1.54. The summed E-state index contributed by atoms with van der Waals surface area (Å²) in [6, 6.07) is 10.1. The predicted molar refractivity (Wildman–Crippen MR) is 125 cm³/mol. The van der Waals surface area contributed by atoms with Gasteiger partial charge in [-0.1, -0.05) is 30.3 Å². The molecule has 33 heavy (non-hydrogen) atoms. The molecule has 3 amide bonds. The second-order valence-corrected chi connectivity index (χ2v) is 8.84. The standard InChI is InChI=1S/C25H31N5O3/c1-17-21-10-11-22(32)30(14-12-19-7-4-3-5-8-19)25(21)28-24(27-17)20-9-6-13-29(16-20)23(33)15-26-18(2)31/h3-5,7-8,20H,6,9-16H2,1-2H3,(H,26,31)/t20-/m0/s1. The van der Waals surface area contributed by atoms with Gasteiger partial charge in [0.15, 0.2) is 0 Å². The minimum absolute atomic E-state index is 0.00783. The molecule has 2 aliphatic rings. The van der Waals surface area contributed by atoms with Crippen molar-refractivity contribution in [2.24, 2.45) is 0 Å². The third-order valence-corrected chi connectivity index (χ3v) is 6.45. The third-order valence-electron chi connectivity index (χ3n) is 6.45. The molecule has 2 aliphatic heterocycles.